The molecule has 0 fully saturated rings. The van der Waals surface area contributed by atoms with Crippen molar-refractivity contribution in [3.05, 3.63) is 10.1 Å². The predicted octanol–water partition coefficient (Wildman–Crippen LogP) is 1.17. The molecule has 0 spiro atoms. The molecule has 1 heterocycles. The summed E-state index contributed by atoms with van der Waals surface area (Å²) in [5.41, 5.74) is 0. The maximum atomic E-state index is 10.0. The second-order valence-corrected chi connectivity index (χ2v) is 3.32. The van der Waals surface area contributed by atoms with Gasteiger partial charge in [0.25, 0.3) is 0 Å². The Hall–Kier alpha value is -0.690. The zero-order valence-corrected chi connectivity index (χ0v) is 6.61. The van der Waals surface area contributed by atoms with Crippen LogP contribution in [0.25, 0.3) is 0 Å². The number of nitrogens with zero attached hydrogens (tertiary/aromatic N) is 3. The molecule has 0 aliphatic carbocycles. The molecule has 10 heavy (non-hydrogen) atoms. The number of aromatic nitrogens is 2. The fourth-order valence-electron chi connectivity index (χ4n) is 0.359. The van der Waals surface area contributed by atoms with Crippen LogP contribution in [-0.2, 0) is 0 Å². The molecule has 0 aliphatic rings. The van der Waals surface area contributed by atoms with Crippen molar-refractivity contribution in [2.45, 2.75) is 4.34 Å². The second kappa shape index (κ2) is 2.93. The molecule has 0 saturated carbocycles. The summed E-state index contributed by atoms with van der Waals surface area (Å²) < 4.78 is 0.617. The van der Waals surface area contributed by atoms with Gasteiger partial charge in [0.15, 0.2) is 0 Å². The van der Waals surface area contributed by atoms with Crippen LogP contribution in [0.4, 0.5) is 5.13 Å². The first-order chi connectivity index (χ1) is 4.74. The van der Waals surface area contributed by atoms with Gasteiger partial charge in [0.05, 0.1) is 5.10 Å². The zero-order valence-electron chi connectivity index (χ0n) is 4.97. The molecule has 7 heteroatoms. The second-order valence-electron chi connectivity index (χ2n) is 1.31. The Morgan fingerprint density at radius 3 is 2.70 bits per heavy atom. The molecule has 1 rings (SSSR count). The smallest absolute Gasteiger partial charge is 0.357 e. The van der Waals surface area contributed by atoms with Crippen LogP contribution in [0.3, 0.4) is 0 Å². The molecule has 0 aliphatic heterocycles. The molecule has 0 bridgehead atoms. The number of nitro groups is 1. The minimum Gasteiger partial charge on any atom is -0.357 e. The molecule has 1 aromatic heterocycles. The molecule has 0 N–H and O–H groups in total. The van der Waals surface area contributed by atoms with E-state index in [0.29, 0.717) is 4.34 Å². The first-order valence-electron chi connectivity index (χ1n) is 2.26. The SMILES string of the molecule is CSc1nnc([N+](=O)[O-])s1. The Morgan fingerprint density at radius 1 is 1.70 bits per heavy atom. The highest BCUT2D eigenvalue weighted by Crippen LogP contribution is 2.24. The maximum absolute atomic E-state index is 10.0. The molecule has 0 unspecified atom stereocenters. The molecule has 0 amide bonds. The van der Waals surface area contributed by atoms with Crippen molar-refractivity contribution >= 4 is 28.2 Å². The molecular weight excluding hydrogens is 174 g/mol. The molecule has 0 aromatic carbocycles. The highest BCUT2D eigenvalue weighted by molar-refractivity contribution is 8.00. The van der Waals surface area contributed by atoms with Crippen LogP contribution in [-0.4, -0.2) is 21.4 Å². The third-order valence-electron chi connectivity index (χ3n) is 0.727. The molecular formula is C3H3N3O2S2. The fraction of sp³-hybridized carbons (Fsp3) is 0.333. The lowest BCUT2D eigenvalue weighted by Crippen LogP contribution is -1.84. The Bertz CT molecular complexity index is 248. The summed E-state index contributed by atoms with van der Waals surface area (Å²) in [6.45, 7) is 0. The van der Waals surface area contributed by atoms with Crippen molar-refractivity contribution in [1.82, 2.24) is 10.2 Å². The van der Waals surface area contributed by atoms with Crippen molar-refractivity contribution in [1.29, 1.82) is 0 Å². The van der Waals surface area contributed by atoms with E-state index in [1.54, 1.807) is 6.26 Å². The predicted molar refractivity (Wildman–Crippen MR) is 38.3 cm³/mol. The monoisotopic (exact) mass is 177 g/mol. The highest BCUT2D eigenvalue weighted by atomic mass is 32.2. The van der Waals surface area contributed by atoms with Crippen LogP contribution < -0.4 is 0 Å². The van der Waals surface area contributed by atoms with Crippen molar-refractivity contribution in [3.63, 3.8) is 0 Å². The van der Waals surface area contributed by atoms with Crippen molar-refractivity contribution in [2.24, 2.45) is 0 Å². The Kier molecular flexibility index (Phi) is 2.17. The van der Waals surface area contributed by atoms with E-state index in [-0.39, 0.29) is 5.13 Å². The Morgan fingerprint density at radius 2 is 2.40 bits per heavy atom. The lowest BCUT2D eigenvalue weighted by atomic mass is 11.3. The van der Waals surface area contributed by atoms with E-state index >= 15 is 0 Å². The lowest BCUT2D eigenvalue weighted by Gasteiger charge is -1.80. The third kappa shape index (κ3) is 1.42. The maximum Gasteiger partial charge on any atom is 0.451 e. The van der Waals surface area contributed by atoms with Gasteiger partial charge >= 0.3 is 5.13 Å². The summed E-state index contributed by atoms with van der Waals surface area (Å²) in [6.07, 6.45) is 1.80. The minimum absolute atomic E-state index is 0.149. The zero-order chi connectivity index (χ0) is 7.56. The number of thioether (sulfide) groups is 1. The number of hydrogen-bond donors (Lipinski definition) is 0. The van der Waals surface area contributed by atoms with Gasteiger partial charge in [-0.25, -0.2) is 0 Å². The van der Waals surface area contributed by atoms with Gasteiger partial charge in [-0.1, -0.05) is 11.8 Å². The van der Waals surface area contributed by atoms with Gasteiger partial charge in [-0.2, -0.15) is 0 Å². The largest absolute Gasteiger partial charge is 0.451 e. The van der Waals surface area contributed by atoms with E-state index in [9.17, 15) is 10.1 Å². The van der Waals surface area contributed by atoms with E-state index < -0.39 is 4.92 Å². The van der Waals surface area contributed by atoms with Gasteiger partial charge < -0.3 is 10.1 Å². The van der Waals surface area contributed by atoms with E-state index in [2.05, 4.69) is 10.2 Å². The van der Waals surface area contributed by atoms with Crippen LogP contribution >= 0.6 is 23.1 Å². The van der Waals surface area contributed by atoms with Gasteiger partial charge in [-0.05, 0) is 27.6 Å². The number of hydrogen-bond acceptors (Lipinski definition) is 6. The molecule has 54 valence electrons. The Balaban J connectivity index is 2.88. The fourth-order valence-corrected chi connectivity index (χ4v) is 1.43. The van der Waals surface area contributed by atoms with E-state index in [1.165, 1.54) is 11.8 Å². The lowest BCUT2D eigenvalue weighted by molar-refractivity contribution is -0.385. The molecule has 0 radical (unpaired) electrons. The molecule has 5 nitrogen and oxygen atoms in total. The molecule has 0 saturated heterocycles. The quantitative estimate of drug-likeness (QED) is 0.385. The summed E-state index contributed by atoms with van der Waals surface area (Å²) in [5, 5.41) is 16.8. The first-order valence-corrected chi connectivity index (χ1v) is 4.30. The van der Waals surface area contributed by atoms with Crippen LogP contribution in [0.15, 0.2) is 4.34 Å². The summed E-state index contributed by atoms with van der Waals surface area (Å²) in [4.78, 5) is 9.49. The average Bonchev–Trinajstić information content (AvgIpc) is 2.34. The average molecular weight is 177 g/mol. The number of rotatable bonds is 2. The van der Waals surface area contributed by atoms with Crippen LogP contribution in [0.2, 0.25) is 0 Å². The molecule has 1 aromatic rings. The first kappa shape index (κ1) is 7.42. The summed E-state index contributed by atoms with van der Waals surface area (Å²) in [5.74, 6) is 0. The van der Waals surface area contributed by atoms with Gasteiger partial charge in [0.2, 0.25) is 4.34 Å². The minimum atomic E-state index is -0.544. The van der Waals surface area contributed by atoms with Gasteiger partial charge in [-0.3, -0.25) is 0 Å². The van der Waals surface area contributed by atoms with Crippen molar-refractivity contribution in [2.75, 3.05) is 6.26 Å². The van der Waals surface area contributed by atoms with Crippen molar-refractivity contribution in [3.8, 4) is 0 Å². The third-order valence-corrected chi connectivity index (χ3v) is 2.58. The van der Waals surface area contributed by atoms with Gasteiger partial charge in [0.1, 0.15) is 0 Å². The topological polar surface area (TPSA) is 68.9 Å². The summed E-state index contributed by atoms with van der Waals surface area (Å²) in [6, 6.07) is 0. The van der Waals surface area contributed by atoms with Gasteiger partial charge in [-0.15, -0.1) is 0 Å². The Labute approximate surface area is 64.6 Å². The van der Waals surface area contributed by atoms with Crippen LogP contribution in [0.5, 0.6) is 0 Å². The highest BCUT2D eigenvalue weighted by Gasteiger charge is 2.13. The van der Waals surface area contributed by atoms with E-state index in [1.807, 2.05) is 0 Å². The summed E-state index contributed by atoms with van der Waals surface area (Å²) >= 11 is 2.33. The van der Waals surface area contributed by atoms with E-state index in [0.717, 1.165) is 11.3 Å². The standard InChI is InChI=1S/C3H3N3O2S2/c1-9-3-5-4-2(10-3)6(7)8/h1H3. The normalized spacial score (nSPS) is 9.70. The van der Waals surface area contributed by atoms with Crippen molar-refractivity contribution < 1.29 is 4.92 Å². The molecule has 0 atom stereocenters. The van der Waals surface area contributed by atoms with E-state index in [4.69, 9.17) is 0 Å². The van der Waals surface area contributed by atoms with Crippen LogP contribution in [0, 0.1) is 10.1 Å². The summed E-state index contributed by atoms with van der Waals surface area (Å²) in [7, 11) is 0. The van der Waals surface area contributed by atoms with Gasteiger partial charge in [0, 0.05) is 0 Å². The van der Waals surface area contributed by atoms with Crippen LogP contribution in [0.1, 0.15) is 0 Å².